The van der Waals surface area contributed by atoms with E-state index in [0.29, 0.717) is 6.54 Å². The lowest BCUT2D eigenvalue weighted by Gasteiger charge is -2.04. The summed E-state index contributed by atoms with van der Waals surface area (Å²) in [6, 6.07) is 1.37. The monoisotopic (exact) mass is 290 g/mol. The lowest BCUT2D eigenvalue weighted by molar-refractivity contribution is 0.0602. The molecule has 8 heteroatoms. The van der Waals surface area contributed by atoms with Gasteiger partial charge in [-0.25, -0.2) is 17.9 Å². The minimum absolute atomic E-state index is 0.0628. The first-order chi connectivity index (χ1) is 8.53. The zero-order chi connectivity index (χ0) is 13.6. The van der Waals surface area contributed by atoms with Gasteiger partial charge >= 0.3 is 5.97 Å². The molecule has 0 saturated heterocycles. The average molecular weight is 290 g/mol. The molecule has 100 valence electrons. The van der Waals surface area contributed by atoms with Crippen molar-refractivity contribution in [3.8, 4) is 0 Å². The Bertz CT molecular complexity index is 534. The van der Waals surface area contributed by atoms with Crippen LogP contribution in [0.4, 0.5) is 0 Å². The number of esters is 1. The topological polar surface area (TPSA) is 98.5 Å². The molecule has 0 saturated carbocycles. The van der Waals surface area contributed by atoms with Crippen LogP contribution in [0.3, 0.4) is 0 Å². The smallest absolute Gasteiger partial charge is 0.349 e. The Hall–Kier alpha value is -1.22. The van der Waals surface area contributed by atoms with Crippen molar-refractivity contribution < 1.29 is 17.9 Å². The Balaban J connectivity index is 2.89. The van der Waals surface area contributed by atoms with Crippen molar-refractivity contribution in [2.24, 2.45) is 5.73 Å². The van der Waals surface area contributed by atoms with E-state index in [9.17, 15) is 13.2 Å². The van der Waals surface area contributed by atoms with Gasteiger partial charge < -0.3 is 10.5 Å². The summed E-state index contributed by atoms with van der Waals surface area (Å²) in [7, 11) is -2.51. The number of sulfonamides is 1. The molecule has 0 spiro atoms. The number of hydrogen-bond acceptors (Lipinski definition) is 6. The van der Waals surface area contributed by atoms with Crippen LogP contribution in [-0.2, 0) is 14.8 Å². The van der Waals surface area contributed by atoms with E-state index in [1.165, 1.54) is 18.6 Å². The highest BCUT2D eigenvalue weighted by Crippen LogP contribution is 2.22. The second kappa shape index (κ2) is 6.64. The number of rotatable bonds is 6. The summed E-state index contributed by atoms with van der Waals surface area (Å²) in [6.45, 7) is 0.462. The maximum atomic E-state index is 11.9. The average Bonchev–Trinajstić information content (AvgIpc) is 2.83. The summed E-state index contributed by atoms with van der Waals surface area (Å²) in [4.78, 5) is 11.4. The lowest BCUT2D eigenvalue weighted by Crippen LogP contribution is -2.25. The van der Waals surface area contributed by atoms with Crippen LogP contribution in [0.15, 0.2) is 28.5 Å². The fraction of sp³-hybridized carbons (Fsp3) is 0.300. The highest BCUT2D eigenvalue weighted by atomic mass is 32.2. The van der Waals surface area contributed by atoms with Crippen LogP contribution in [0.2, 0.25) is 0 Å². The molecule has 0 radical (unpaired) electrons. The molecule has 1 aromatic heterocycles. The van der Waals surface area contributed by atoms with Gasteiger partial charge in [0.25, 0.3) is 0 Å². The minimum atomic E-state index is -3.72. The van der Waals surface area contributed by atoms with Gasteiger partial charge in [-0.1, -0.05) is 12.2 Å². The third kappa shape index (κ3) is 3.64. The molecule has 0 aromatic carbocycles. The van der Waals surface area contributed by atoms with Crippen LogP contribution in [0.25, 0.3) is 0 Å². The van der Waals surface area contributed by atoms with E-state index < -0.39 is 16.0 Å². The summed E-state index contributed by atoms with van der Waals surface area (Å²) in [5.74, 6) is -0.664. The second-order valence-corrected chi connectivity index (χ2v) is 5.82. The van der Waals surface area contributed by atoms with Crippen molar-refractivity contribution in [2.45, 2.75) is 4.90 Å². The normalized spacial score (nSPS) is 11.9. The van der Waals surface area contributed by atoms with E-state index in [2.05, 4.69) is 9.46 Å². The molecule has 0 fully saturated rings. The molecule has 0 aliphatic heterocycles. The highest BCUT2D eigenvalue weighted by Gasteiger charge is 2.23. The maximum Gasteiger partial charge on any atom is 0.349 e. The molecule has 3 N–H and O–H groups in total. The molecular formula is C10H14N2O4S2. The Labute approximate surface area is 109 Å². The standard InChI is InChI=1S/C10H14N2O4S2/c1-16-10(13)9-8(4-7-17-9)18(14,15)12-6-3-2-5-11/h2-4,7,12H,5-6,11H2,1H3/b3-2+. The van der Waals surface area contributed by atoms with Crippen molar-refractivity contribution in [3.63, 3.8) is 0 Å². The van der Waals surface area contributed by atoms with Crippen LogP contribution in [0.1, 0.15) is 9.67 Å². The highest BCUT2D eigenvalue weighted by molar-refractivity contribution is 7.89. The first-order valence-corrected chi connectivity index (χ1v) is 7.39. The van der Waals surface area contributed by atoms with Crippen molar-refractivity contribution >= 4 is 27.3 Å². The van der Waals surface area contributed by atoms with Gasteiger partial charge in [0.1, 0.15) is 9.77 Å². The Morgan fingerprint density at radius 1 is 1.56 bits per heavy atom. The van der Waals surface area contributed by atoms with Crippen LogP contribution >= 0.6 is 11.3 Å². The Morgan fingerprint density at radius 3 is 2.89 bits per heavy atom. The number of thiophene rings is 1. The number of carbonyl (C=O) groups is 1. The number of nitrogens with two attached hydrogens (primary N) is 1. The molecule has 1 aromatic rings. The quantitative estimate of drug-likeness (QED) is 0.581. The predicted octanol–water partition coefficient (Wildman–Crippen LogP) is 0.328. The number of ether oxygens (including phenoxy) is 1. The van der Waals surface area contributed by atoms with Gasteiger partial charge in [0.15, 0.2) is 0 Å². The first-order valence-electron chi connectivity index (χ1n) is 5.03. The van der Waals surface area contributed by atoms with Crippen molar-refractivity contribution in [2.75, 3.05) is 20.2 Å². The third-order valence-electron chi connectivity index (χ3n) is 1.98. The first kappa shape index (κ1) is 14.8. The van der Waals surface area contributed by atoms with Crippen LogP contribution in [-0.4, -0.2) is 34.6 Å². The zero-order valence-electron chi connectivity index (χ0n) is 9.75. The van der Waals surface area contributed by atoms with Gasteiger partial charge in [-0.3, -0.25) is 0 Å². The molecule has 0 amide bonds. The van der Waals surface area contributed by atoms with E-state index in [-0.39, 0.29) is 16.3 Å². The van der Waals surface area contributed by atoms with E-state index in [0.717, 1.165) is 11.3 Å². The molecule has 0 atom stereocenters. The molecule has 1 heterocycles. The van der Waals surface area contributed by atoms with E-state index in [4.69, 9.17) is 5.73 Å². The number of carbonyl (C=O) groups excluding carboxylic acids is 1. The molecule has 1 rings (SSSR count). The van der Waals surface area contributed by atoms with E-state index in [1.807, 2.05) is 0 Å². The minimum Gasteiger partial charge on any atom is -0.465 e. The number of hydrogen-bond donors (Lipinski definition) is 2. The largest absolute Gasteiger partial charge is 0.465 e. The van der Waals surface area contributed by atoms with Gasteiger partial charge in [0.05, 0.1) is 7.11 Å². The Morgan fingerprint density at radius 2 is 2.28 bits per heavy atom. The predicted molar refractivity (Wildman–Crippen MR) is 69.0 cm³/mol. The van der Waals surface area contributed by atoms with E-state index in [1.54, 1.807) is 12.2 Å². The summed E-state index contributed by atoms with van der Waals surface area (Å²) in [5, 5.41) is 1.52. The number of methoxy groups -OCH3 is 1. The van der Waals surface area contributed by atoms with Gasteiger partial charge in [-0.15, -0.1) is 11.3 Å². The SMILES string of the molecule is COC(=O)c1sccc1S(=O)(=O)NC/C=C/CN. The van der Waals surface area contributed by atoms with Gasteiger partial charge in [-0.2, -0.15) is 0 Å². The van der Waals surface area contributed by atoms with Crippen molar-refractivity contribution in [3.05, 3.63) is 28.5 Å². The van der Waals surface area contributed by atoms with Gasteiger partial charge in [0.2, 0.25) is 10.0 Å². The third-order valence-corrected chi connectivity index (χ3v) is 4.47. The van der Waals surface area contributed by atoms with Crippen molar-refractivity contribution in [1.82, 2.24) is 4.72 Å². The molecule has 18 heavy (non-hydrogen) atoms. The fourth-order valence-electron chi connectivity index (χ4n) is 1.17. The van der Waals surface area contributed by atoms with Gasteiger partial charge in [-0.05, 0) is 11.4 Å². The van der Waals surface area contributed by atoms with Crippen LogP contribution in [0, 0.1) is 0 Å². The van der Waals surface area contributed by atoms with Crippen LogP contribution < -0.4 is 10.5 Å². The number of nitrogens with one attached hydrogen (secondary N) is 1. The molecule has 0 aliphatic rings. The molecule has 0 aliphatic carbocycles. The summed E-state index contributed by atoms with van der Waals surface area (Å²) in [6.07, 6.45) is 3.24. The maximum absolute atomic E-state index is 11.9. The summed E-state index contributed by atoms with van der Waals surface area (Å²) in [5.41, 5.74) is 5.23. The lowest BCUT2D eigenvalue weighted by atomic mass is 10.5. The van der Waals surface area contributed by atoms with Crippen LogP contribution in [0.5, 0.6) is 0 Å². The summed E-state index contributed by atoms with van der Waals surface area (Å²) >= 11 is 1.02. The van der Waals surface area contributed by atoms with Crippen molar-refractivity contribution in [1.29, 1.82) is 0 Å². The second-order valence-electron chi connectivity index (χ2n) is 3.16. The summed E-state index contributed by atoms with van der Waals surface area (Å²) < 4.78 is 30.7. The Kier molecular flexibility index (Phi) is 5.48. The van der Waals surface area contributed by atoms with E-state index >= 15 is 0 Å². The molecular weight excluding hydrogens is 276 g/mol. The molecule has 0 bridgehead atoms. The fourth-order valence-corrected chi connectivity index (χ4v) is 3.48. The molecule has 6 nitrogen and oxygen atoms in total. The zero-order valence-corrected chi connectivity index (χ0v) is 11.4. The molecule has 0 unspecified atom stereocenters. The van der Waals surface area contributed by atoms with Gasteiger partial charge in [0, 0.05) is 13.1 Å².